The van der Waals surface area contributed by atoms with Gasteiger partial charge in [-0.25, -0.2) is 0 Å². The van der Waals surface area contributed by atoms with Crippen LogP contribution in [0, 0.1) is 0 Å². The molecule has 0 amide bonds. The fraction of sp³-hybridized carbons (Fsp3) is 0.538. The Morgan fingerprint density at radius 3 is 1.71 bits per heavy atom. The molecule has 0 atom stereocenters. The first kappa shape index (κ1) is 12.0. The Kier molecular flexibility index (Phi) is 3.15. The van der Waals surface area contributed by atoms with Crippen LogP contribution in [0.25, 0.3) is 0 Å². The largest absolute Gasteiger partial charge is 0.493 e. The Balaban J connectivity index is 2.49. The second-order valence-corrected chi connectivity index (χ2v) is 4.11. The Labute approximate surface area is 101 Å². The van der Waals surface area contributed by atoms with Crippen molar-refractivity contribution in [3.05, 3.63) is 17.7 Å². The molecular weight excluding hydrogens is 220 g/mol. The zero-order chi connectivity index (χ0) is 12.5. The van der Waals surface area contributed by atoms with Gasteiger partial charge in [0.05, 0.1) is 26.9 Å². The SMILES string of the molecule is COc1cc(C2(OC)CC2)cc(OC)c1OC. The van der Waals surface area contributed by atoms with Gasteiger partial charge in [0.15, 0.2) is 11.5 Å². The third kappa shape index (κ3) is 1.93. The van der Waals surface area contributed by atoms with Crippen LogP contribution in [0.5, 0.6) is 17.2 Å². The van der Waals surface area contributed by atoms with Crippen LogP contribution >= 0.6 is 0 Å². The van der Waals surface area contributed by atoms with Gasteiger partial charge in [-0.15, -0.1) is 0 Å². The summed E-state index contributed by atoms with van der Waals surface area (Å²) >= 11 is 0. The van der Waals surface area contributed by atoms with E-state index in [9.17, 15) is 0 Å². The minimum absolute atomic E-state index is 0.160. The summed E-state index contributed by atoms with van der Waals surface area (Å²) in [6, 6.07) is 3.91. The molecule has 17 heavy (non-hydrogen) atoms. The molecule has 1 aliphatic carbocycles. The number of hydrogen-bond donors (Lipinski definition) is 0. The Morgan fingerprint density at radius 2 is 1.41 bits per heavy atom. The lowest BCUT2D eigenvalue weighted by Gasteiger charge is -2.18. The lowest BCUT2D eigenvalue weighted by molar-refractivity contribution is 0.0784. The number of benzene rings is 1. The van der Waals surface area contributed by atoms with Crippen LogP contribution in [-0.4, -0.2) is 28.4 Å². The van der Waals surface area contributed by atoms with Crippen molar-refractivity contribution in [3.63, 3.8) is 0 Å². The van der Waals surface area contributed by atoms with Crippen LogP contribution in [0.3, 0.4) is 0 Å². The lowest BCUT2D eigenvalue weighted by atomic mass is 10.1. The number of rotatable bonds is 5. The molecule has 94 valence electrons. The standard InChI is InChI=1S/C13H18O4/c1-14-10-7-9(13(17-4)5-6-13)8-11(15-2)12(10)16-3/h7-8H,5-6H2,1-4H3. The molecule has 1 aliphatic rings. The van der Waals surface area contributed by atoms with E-state index in [0.717, 1.165) is 18.4 Å². The van der Waals surface area contributed by atoms with Gasteiger partial charge in [-0.3, -0.25) is 0 Å². The third-order valence-corrected chi connectivity index (χ3v) is 3.29. The normalized spacial score (nSPS) is 16.5. The summed E-state index contributed by atoms with van der Waals surface area (Å²) in [6.45, 7) is 0. The van der Waals surface area contributed by atoms with E-state index in [4.69, 9.17) is 18.9 Å². The molecule has 0 heterocycles. The molecule has 2 rings (SSSR count). The average molecular weight is 238 g/mol. The minimum atomic E-state index is -0.160. The van der Waals surface area contributed by atoms with E-state index in [0.29, 0.717) is 17.2 Å². The van der Waals surface area contributed by atoms with Gasteiger partial charge in [-0.1, -0.05) is 0 Å². The molecule has 0 aliphatic heterocycles. The van der Waals surface area contributed by atoms with E-state index in [1.165, 1.54) is 0 Å². The van der Waals surface area contributed by atoms with Crippen molar-refractivity contribution in [2.75, 3.05) is 28.4 Å². The number of ether oxygens (including phenoxy) is 4. The molecule has 0 aromatic heterocycles. The van der Waals surface area contributed by atoms with E-state index < -0.39 is 0 Å². The minimum Gasteiger partial charge on any atom is -0.493 e. The average Bonchev–Trinajstić information content (AvgIpc) is 3.17. The molecule has 0 radical (unpaired) electrons. The molecule has 0 saturated heterocycles. The van der Waals surface area contributed by atoms with Crippen LogP contribution < -0.4 is 14.2 Å². The van der Waals surface area contributed by atoms with Crippen molar-refractivity contribution in [2.45, 2.75) is 18.4 Å². The summed E-state index contributed by atoms with van der Waals surface area (Å²) in [5.74, 6) is 1.96. The predicted octanol–water partition coefficient (Wildman–Crippen LogP) is 2.35. The van der Waals surface area contributed by atoms with Gasteiger partial charge in [0, 0.05) is 7.11 Å². The lowest BCUT2D eigenvalue weighted by Crippen LogP contribution is -2.10. The number of methoxy groups -OCH3 is 4. The van der Waals surface area contributed by atoms with Crippen LogP contribution in [0.1, 0.15) is 18.4 Å². The fourth-order valence-corrected chi connectivity index (χ4v) is 2.07. The summed E-state index contributed by atoms with van der Waals surface area (Å²) < 4.78 is 21.5. The van der Waals surface area contributed by atoms with Gasteiger partial charge in [-0.05, 0) is 30.5 Å². The first-order chi connectivity index (χ1) is 8.20. The van der Waals surface area contributed by atoms with Crippen molar-refractivity contribution in [3.8, 4) is 17.2 Å². The highest BCUT2D eigenvalue weighted by Crippen LogP contribution is 2.52. The zero-order valence-corrected chi connectivity index (χ0v) is 10.7. The summed E-state index contributed by atoms with van der Waals surface area (Å²) in [7, 11) is 6.57. The molecule has 1 aromatic rings. The first-order valence-electron chi connectivity index (χ1n) is 5.56. The van der Waals surface area contributed by atoms with E-state index in [1.807, 2.05) is 12.1 Å². The van der Waals surface area contributed by atoms with Gasteiger partial charge in [0.2, 0.25) is 5.75 Å². The van der Waals surface area contributed by atoms with Gasteiger partial charge in [0.25, 0.3) is 0 Å². The van der Waals surface area contributed by atoms with E-state index in [2.05, 4.69) is 0 Å². The predicted molar refractivity (Wildman–Crippen MR) is 64.0 cm³/mol. The summed E-state index contributed by atoms with van der Waals surface area (Å²) in [5.41, 5.74) is 0.918. The Morgan fingerprint density at radius 1 is 0.882 bits per heavy atom. The molecule has 0 spiro atoms. The van der Waals surface area contributed by atoms with Crippen molar-refractivity contribution in [1.29, 1.82) is 0 Å². The molecule has 0 N–H and O–H groups in total. The topological polar surface area (TPSA) is 36.9 Å². The summed E-state index contributed by atoms with van der Waals surface area (Å²) in [5, 5.41) is 0. The highest BCUT2D eigenvalue weighted by molar-refractivity contribution is 5.55. The maximum atomic E-state index is 5.56. The summed E-state index contributed by atoms with van der Waals surface area (Å²) in [6.07, 6.45) is 2.06. The Hall–Kier alpha value is -1.42. The van der Waals surface area contributed by atoms with Gasteiger partial charge >= 0.3 is 0 Å². The van der Waals surface area contributed by atoms with E-state index in [-0.39, 0.29) is 5.60 Å². The van der Waals surface area contributed by atoms with Crippen LogP contribution in [0.2, 0.25) is 0 Å². The van der Waals surface area contributed by atoms with E-state index in [1.54, 1.807) is 28.4 Å². The molecule has 0 unspecified atom stereocenters. The molecule has 1 saturated carbocycles. The van der Waals surface area contributed by atoms with Crippen molar-refractivity contribution >= 4 is 0 Å². The molecule has 0 bridgehead atoms. The molecule has 1 fully saturated rings. The summed E-state index contributed by atoms with van der Waals surface area (Å²) in [4.78, 5) is 0. The second kappa shape index (κ2) is 4.45. The third-order valence-electron chi connectivity index (χ3n) is 3.29. The van der Waals surface area contributed by atoms with Gasteiger partial charge in [0.1, 0.15) is 0 Å². The first-order valence-corrected chi connectivity index (χ1v) is 5.56. The molecular formula is C13H18O4. The highest BCUT2D eigenvalue weighted by Gasteiger charge is 2.45. The maximum Gasteiger partial charge on any atom is 0.203 e. The van der Waals surface area contributed by atoms with Crippen molar-refractivity contribution < 1.29 is 18.9 Å². The zero-order valence-electron chi connectivity index (χ0n) is 10.7. The van der Waals surface area contributed by atoms with Gasteiger partial charge in [-0.2, -0.15) is 0 Å². The maximum absolute atomic E-state index is 5.56. The monoisotopic (exact) mass is 238 g/mol. The second-order valence-electron chi connectivity index (χ2n) is 4.11. The Bertz CT molecular complexity index is 385. The van der Waals surface area contributed by atoms with E-state index >= 15 is 0 Å². The number of hydrogen-bond acceptors (Lipinski definition) is 4. The quantitative estimate of drug-likeness (QED) is 0.789. The molecule has 4 nitrogen and oxygen atoms in total. The fourth-order valence-electron chi connectivity index (χ4n) is 2.07. The van der Waals surface area contributed by atoms with Crippen molar-refractivity contribution in [2.24, 2.45) is 0 Å². The smallest absolute Gasteiger partial charge is 0.203 e. The van der Waals surface area contributed by atoms with Crippen LogP contribution in [-0.2, 0) is 10.3 Å². The molecule has 1 aromatic carbocycles. The highest BCUT2D eigenvalue weighted by atomic mass is 16.5. The van der Waals surface area contributed by atoms with Crippen LogP contribution in [0.4, 0.5) is 0 Å². The molecule has 4 heteroatoms. The van der Waals surface area contributed by atoms with Gasteiger partial charge < -0.3 is 18.9 Å². The van der Waals surface area contributed by atoms with Crippen LogP contribution in [0.15, 0.2) is 12.1 Å². The van der Waals surface area contributed by atoms with Crippen molar-refractivity contribution in [1.82, 2.24) is 0 Å².